The van der Waals surface area contributed by atoms with Gasteiger partial charge in [-0.2, -0.15) is 0 Å². The van der Waals surface area contributed by atoms with E-state index in [0.29, 0.717) is 28.8 Å². The molecule has 0 atom stereocenters. The van der Waals surface area contributed by atoms with Crippen LogP contribution < -0.4 is 4.90 Å². The summed E-state index contributed by atoms with van der Waals surface area (Å²) in [5.74, 6) is 1.57. The largest absolute Gasteiger partial charge is 0.763 e. The van der Waals surface area contributed by atoms with Crippen LogP contribution in [0.5, 0.6) is 0 Å². The Hall–Kier alpha value is -1.96. The number of amides is 2. The molecule has 0 aliphatic heterocycles. The average molecular weight is 433 g/mol. The fourth-order valence-electron chi connectivity index (χ4n) is 4.43. The molecule has 5 nitrogen and oxygen atoms in total. The van der Waals surface area contributed by atoms with Gasteiger partial charge in [0.2, 0.25) is 0 Å². The first-order valence-electron chi connectivity index (χ1n) is 10.6. The van der Waals surface area contributed by atoms with Gasteiger partial charge in [-0.15, -0.1) is 0 Å². The molecule has 0 N–H and O–H groups in total. The van der Waals surface area contributed by atoms with Gasteiger partial charge >= 0.3 is 6.09 Å². The van der Waals surface area contributed by atoms with Crippen LogP contribution in [0, 0.1) is 13.8 Å². The third-order valence-electron chi connectivity index (χ3n) is 5.96. The molecule has 6 heteroatoms. The Morgan fingerprint density at radius 1 is 1.07 bits per heavy atom. The minimum Gasteiger partial charge on any atom is -0.763 e. The summed E-state index contributed by atoms with van der Waals surface area (Å²) in [5, 5.41) is 9.96. The fraction of sp³-hybridized carbons (Fsp3) is 0.583. The molecule has 1 aromatic rings. The van der Waals surface area contributed by atoms with Crippen LogP contribution >= 0.6 is 7.26 Å². The molecule has 0 bridgehead atoms. The minimum atomic E-state index is -1.69. The lowest BCUT2D eigenvalue weighted by molar-refractivity contribution is -0.114. The number of imide groups is 1. The van der Waals surface area contributed by atoms with E-state index < -0.39 is 19.3 Å². The zero-order valence-electron chi connectivity index (χ0n) is 19.9. The van der Waals surface area contributed by atoms with Crippen LogP contribution in [0.1, 0.15) is 59.6 Å². The smallest absolute Gasteiger partial charge is 0.421 e. The highest BCUT2D eigenvalue weighted by Crippen LogP contribution is 2.70. The Bertz CT molecular complexity index is 802. The van der Waals surface area contributed by atoms with Gasteiger partial charge in [0, 0.05) is 7.26 Å². The molecule has 0 fully saturated rings. The summed E-state index contributed by atoms with van der Waals surface area (Å²) >= 11 is 0. The summed E-state index contributed by atoms with van der Waals surface area (Å²) < 4.78 is 5.18. The number of benzene rings is 1. The van der Waals surface area contributed by atoms with Crippen LogP contribution in [-0.2, 0) is 9.53 Å². The first kappa shape index (κ1) is 26.1. The third-order valence-corrected chi connectivity index (χ3v) is 12.6. The standard InChI is InChI=1S/C24H37N2O3P/c1-10-29-24(28)26(22-12-11-19(8)13-20(22)9)23(27)21(14-25)15-30(16(2)3,17(4)5)18(6)7/h11-13,16-18H,10,15H2,1-9H3. The van der Waals surface area contributed by atoms with Crippen LogP contribution in [-0.4, -0.2) is 47.6 Å². The molecule has 0 saturated carbocycles. The van der Waals surface area contributed by atoms with Gasteiger partial charge in [-0.25, -0.2) is 9.69 Å². The average Bonchev–Trinajstić information content (AvgIpc) is 2.63. The van der Waals surface area contributed by atoms with Crippen molar-refractivity contribution in [2.75, 3.05) is 17.7 Å². The normalized spacial score (nSPS) is 11.6. The number of ether oxygens (including phenoxy) is 1. The summed E-state index contributed by atoms with van der Waals surface area (Å²) in [7, 11) is -1.69. The zero-order valence-corrected chi connectivity index (χ0v) is 20.8. The Kier molecular flexibility index (Phi) is 9.46. The quantitative estimate of drug-likeness (QED) is 0.279. The van der Waals surface area contributed by atoms with Gasteiger partial charge in [-0.05, 0) is 73.9 Å². The lowest BCUT2D eigenvalue weighted by atomic mass is 10.1. The predicted molar refractivity (Wildman–Crippen MR) is 129 cm³/mol. The second kappa shape index (κ2) is 10.9. The predicted octanol–water partition coefficient (Wildman–Crippen LogP) is 6.20. The number of nitrogens with zero attached hydrogens (tertiary/aromatic N) is 2. The van der Waals surface area contributed by atoms with Crippen molar-refractivity contribution in [3.63, 3.8) is 0 Å². The van der Waals surface area contributed by atoms with Crippen molar-refractivity contribution < 1.29 is 14.3 Å². The molecule has 0 spiro atoms. The molecule has 0 unspecified atom stereocenters. The van der Waals surface area contributed by atoms with E-state index in [2.05, 4.69) is 47.4 Å². The molecular formula is C24H37N2O3P. The molecular weight excluding hydrogens is 395 g/mol. The molecule has 0 radical (unpaired) electrons. The second-order valence-corrected chi connectivity index (χ2v) is 14.1. The van der Waals surface area contributed by atoms with Gasteiger partial charge < -0.3 is 10.1 Å². The number of carbonyl (C=O) groups excluding carboxylic acids is 2. The Labute approximate surface area is 182 Å². The van der Waals surface area contributed by atoms with Crippen LogP contribution in [0.25, 0.3) is 5.41 Å². The Balaban J connectivity index is 3.52. The number of rotatable bonds is 8. The number of anilines is 1. The molecule has 2 amide bonds. The maximum Gasteiger partial charge on any atom is 0.421 e. The van der Waals surface area contributed by atoms with Gasteiger partial charge in [0.15, 0.2) is 0 Å². The fourth-order valence-corrected chi connectivity index (χ4v) is 9.86. The van der Waals surface area contributed by atoms with E-state index in [1.54, 1.807) is 13.0 Å². The van der Waals surface area contributed by atoms with Crippen molar-refractivity contribution in [1.82, 2.24) is 0 Å². The Morgan fingerprint density at radius 2 is 1.60 bits per heavy atom. The summed E-state index contributed by atoms with van der Waals surface area (Å²) in [6, 6.07) is 5.50. The first-order valence-corrected chi connectivity index (χ1v) is 12.8. The molecule has 1 aromatic carbocycles. The van der Waals surface area contributed by atoms with Crippen LogP contribution in [0.3, 0.4) is 0 Å². The van der Waals surface area contributed by atoms with Crippen molar-refractivity contribution in [2.24, 2.45) is 0 Å². The zero-order chi connectivity index (χ0) is 23.2. The van der Waals surface area contributed by atoms with Gasteiger partial charge in [-0.1, -0.05) is 17.7 Å². The van der Waals surface area contributed by atoms with Crippen LogP contribution in [0.15, 0.2) is 23.8 Å². The lowest BCUT2D eigenvalue weighted by Crippen LogP contribution is -2.41. The van der Waals surface area contributed by atoms with E-state index in [9.17, 15) is 15.0 Å². The highest BCUT2D eigenvalue weighted by molar-refractivity contribution is 7.78. The molecule has 0 aliphatic carbocycles. The number of hydrogen-bond acceptors (Lipinski definition) is 3. The van der Waals surface area contributed by atoms with Crippen LogP contribution in [0.2, 0.25) is 0 Å². The number of carbonyl (C=O) groups is 2. The van der Waals surface area contributed by atoms with Crippen molar-refractivity contribution in [2.45, 2.75) is 79.3 Å². The van der Waals surface area contributed by atoms with Crippen molar-refractivity contribution in [1.29, 1.82) is 0 Å². The summed E-state index contributed by atoms with van der Waals surface area (Å²) in [6.45, 7) is 18.7. The highest BCUT2D eigenvalue weighted by atomic mass is 31.2. The lowest BCUT2D eigenvalue weighted by Gasteiger charge is -2.39. The third kappa shape index (κ3) is 5.39. The second-order valence-electron chi connectivity index (χ2n) is 8.65. The van der Waals surface area contributed by atoms with Gasteiger partial charge in [-0.3, -0.25) is 10.7 Å². The first-order chi connectivity index (χ1) is 13.9. The van der Waals surface area contributed by atoms with Crippen molar-refractivity contribution in [3.8, 4) is 0 Å². The summed E-state index contributed by atoms with van der Waals surface area (Å²) in [5.41, 5.74) is 3.50. The van der Waals surface area contributed by atoms with E-state index in [4.69, 9.17) is 4.74 Å². The number of hydrogen-bond donors (Lipinski definition) is 0. The summed E-state index contributed by atoms with van der Waals surface area (Å²) in [6.07, 6.45) is -0.319. The van der Waals surface area contributed by atoms with E-state index in [0.717, 1.165) is 16.0 Å². The monoisotopic (exact) mass is 432 g/mol. The van der Waals surface area contributed by atoms with Crippen LogP contribution in [0.4, 0.5) is 10.5 Å². The SMILES string of the molecule is CCOC(=O)N(C(=O)C(=C=[N-])C[P+](C(C)C)(C(C)C)C(C)C)c1ccc(C)cc1C. The van der Waals surface area contributed by atoms with E-state index in [1.807, 2.05) is 26.0 Å². The Morgan fingerprint density at radius 3 is 2.00 bits per heavy atom. The molecule has 166 valence electrons. The maximum absolute atomic E-state index is 13.6. The summed E-state index contributed by atoms with van der Waals surface area (Å²) in [4.78, 5) is 27.4. The molecule has 0 saturated heterocycles. The maximum atomic E-state index is 13.6. The van der Waals surface area contributed by atoms with Crippen molar-refractivity contribution >= 4 is 30.8 Å². The van der Waals surface area contributed by atoms with Gasteiger partial charge in [0.05, 0.1) is 41.0 Å². The highest BCUT2D eigenvalue weighted by Gasteiger charge is 2.49. The molecule has 0 aliphatic rings. The molecule has 30 heavy (non-hydrogen) atoms. The number of aryl methyl sites for hydroxylation is 2. The van der Waals surface area contributed by atoms with E-state index >= 15 is 0 Å². The van der Waals surface area contributed by atoms with E-state index in [-0.39, 0.29) is 12.2 Å². The molecule has 0 aromatic heterocycles. The van der Waals surface area contributed by atoms with E-state index in [1.165, 1.54) is 0 Å². The molecule has 0 heterocycles. The topological polar surface area (TPSA) is 68.9 Å². The van der Waals surface area contributed by atoms with Gasteiger partial charge in [0.1, 0.15) is 0 Å². The van der Waals surface area contributed by atoms with Gasteiger partial charge in [0.25, 0.3) is 5.91 Å². The minimum absolute atomic E-state index is 0.132. The molecule has 1 rings (SSSR count). The van der Waals surface area contributed by atoms with Crippen molar-refractivity contribution in [3.05, 3.63) is 40.3 Å².